The summed E-state index contributed by atoms with van der Waals surface area (Å²) in [6, 6.07) is 14.1. The molecule has 3 aliphatic rings. The fraction of sp³-hybridized carbons (Fsp3) is 0.355. The van der Waals surface area contributed by atoms with Crippen LogP contribution in [0.3, 0.4) is 0 Å². The third kappa shape index (κ3) is 5.68. The van der Waals surface area contributed by atoms with E-state index in [0.717, 1.165) is 0 Å². The summed E-state index contributed by atoms with van der Waals surface area (Å²) in [5.74, 6) is 0.368. The number of benzene rings is 2. The van der Waals surface area contributed by atoms with Gasteiger partial charge in [0.15, 0.2) is 0 Å². The molecule has 4 amide bonds. The van der Waals surface area contributed by atoms with Gasteiger partial charge in [-0.15, -0.1) is 0 Å². The molecule has 0 unspecified atom stereocenters. The summed E-state index contributed by atoms with van der Waals surface area (Å²) in [5.41, 5.74) is 1.43. The molecule has 2 atom stereocenters. The molecule has 2 aliphatic heterocycles. The molecule has 0 spiro atoms. The summed E-state index contributed by atoms with van der Waals surface area (Å²) in [7, 11) is 3.15. The number of allylic oxidation sites excluding steroid dienone is 1. The van der Waals surface area contributed by atoms with E-state index in [2.05, 4.69) is 0 Å². The predicted molar refractivity (Wildman–Crippen MR) is 147 cm³/mol. The molecule has 1 aliphatic carbocycles. The van der Waals surface area contributed by atoms with Crippen LogP contribution in [0.1, 0.15) is 19.8 Å². The zero-order valence-corrected chi connectivity index (χ0v) is 23.3. The van der Waals surface area contributed by atoms with Gasteiger partial charge in [0.05, 0.1) is 38.8 Å². The maximum absolute atomic E-state index is 13.3. The quantitative estimate of drug-likeness (QED) is 0.386. The van der Waals surface area contributed by atoms with E-state index in [4.69, 9.17) is 18.9 Å². The van der Waals surface area contributed by atoms with Crippen LogP contribution in [0.25, 0.3) is 0 Å². The Morgan fingerprint density at radius 2 is 1.22 bits per heavy atom. The van der Waals surface area contributed by atoms with Crippen LogP contribution in [-0.4, -0.2) is 74.0 Å². The number of nitrogens with zero attached hydrogens (tertiary/aromatic N) is 2. The van der Waals surface area contributed by atoms with Crippen molar-refractivity contribution < 1.29 is 38.1 Å². The normalized spacial score (nSPS) is 20.4. The summed E-state index contributed by atoms with van der Waals surface area (Å²) < 4.78 is 21.7. The van der Waals surface area contributed by atoms with Crippen LogP contribution in [0.5, 0.6) is 23.0 Å². The Bertz CT molecular complexity index is 1410. The summed E-state index contributed by atoms with van der Waals surface area (Å²) >= 11 is 0. The van der Waals surface area contributed by atoms with Crippen molar-refractivity contribution in [2.75, 3.05) is 40.5 Å². The highest BCUT2D eigenvalue weighted by Gasteiger charge is 2.47. The lowest BCUT2D eigenvalue weighted by Crippen LogP contribution is -2.36. The minimum atomic E-state index is -0.595. The Hall–Kier alpha value is -4.60. The first-order valence-corrected chi connectivity index (χ1v) is 13.5. The molecule has 5 rings (SSSR count). The van der Waals surface area contributed by atoms with Gasteiger partial charge in [-0.3, -0.25) is 29.0 Å². The Morgan fingerprint density at radius 1 is 0.707 bits per heavy atom. The summed E-state index contributed by atoms with van der Waals surface area (Å²) in [6.07, 6.45) is 2.14. The molecule has 2 aromatic rings. The Labute approximate surface area is 238 Å². The van der Waals surface area contributed by atoms with Crippen molar-refractivity contribution in [2.24, 2.45) is 11.8 Å². The van der Waals surface area contributed by atoms with E-state index in [0.29, 0.717) is 39.7 Å². The molecule has 0 N–H and O–H groups in total. The first kappa shape index (κ1) is 27.9. The monoisotopic (exact) mass is 560 g/mol. The Kier molecular flexibility index (Phi) is 8.09. The topological polar surface area (TPSA) is 112 Å². The van der Waals surface area contributed by atoms with E-state index in [9.17, 15) is 19.2 Å². The predicted octanol–water partition coefficient (Wildman–Crippen LogP) is 3.17. The average Bonchev–Trinajstić information content (AvgIpc) is 3.40. The van der Waals surface area contributed by atoms with Gasteiger partial charge in [-0.2, -0.15) is 0 Å². The molecule has 2 heterocycles. The minimum Gasteiger partial charge on any atom is -0.497 e. The highest BCUT2D eigenvalue weighted by molar-refractivity contribution is 6.21. The average molecular weight is 561 g/mol. The summed E-state index contributed by atoms with van der Waals surface area (Å²) in [4.78, 5) is 54.9. The molecule has 10 nitrogen and oxygen atoms in total. The smallest absolute Gasteiger partial charge is 0.261 e. The molecule has 0 radical (unpaired) electrons. The molecule has 1 saturated heterocycles. The third-order valence-electron chi connectivity index (χ3n) is 7.64. The van der Waals surface area contributed by atoms with Gasteiger partial charge in [0, 0.05) is 12.0 Å². The maximum atomic E-state index is 13.3. The molecule has 0 saturated carbocycles. The maximum Gasteiger partial charge on any atom is 0.261 e. The lowest BCUT2D eigenvalue weighted by atomic mass is 9.78. The molecular weight excluding hydrogens is 528 g/mol. The van der Waals surface area contributed by atoms with Crippen LogP contribution in [0, 0.1) is 11.8 Å². The number of carbonyl (C=O) groups excluding carboxylic acids is 4. The molecular formula is C31H32N2O8. The number of imide groups is 2. The number of hydrogen-bond donors (Lipinski definition) is 0. The van der Waals surface area contributed by atoms with E-state index < -0.39 is 5.92 Å². The largest absolute Gasteiger partial charge is 0.497 e. The first-order chi connectivity index (χ1) is 19.8. The zero-order valence-electron chi connectivity index (χ0n) is 23.3. The van der Waals surface area contributed by atoms with E-state index in [1.54, 1.807) is 69.7 Å². The second-order valence-electron chi connectivity index (χ2n) is 10.1. The summed E-state index contributed by atoms with van der Waals surface area (Å²) in [5, 5.41) is 0. The van der Waals surface area contributed by atoms with Gasteiger partial charge >= 0.3 is 0 Å². The molecule has 2 aromatic carbocycles. The van der Waals surface area contributed by atoms with Gasteiger partial charge in [0.25, 0.3) is 11.8 Å². The molecule has 10 heteroatoms. The third-order valence-corrected chi connectivity index (χ3v) is 7.64. The van der Waals surface area contributed by atoms with Crippen molar-refractivity contribution in [1.29, 1.82) is 0 Å². The van der Waals surface area contributed by atoms with Gasteiger partial charge < -0.3 is 18.9 Å². The highest BCUT2D eigenvalue weighted by atomic mass is 16.5. The minimum absolute atomic E-state index is 0.0555. The van der Waals surface area contributed by atoms with Crippen molar-refractivity contribution in [3.05, 3.63) is 71.3 Å². The molecule has 1 fully saturated rings. The second-order valence-corrected chi connectivity index (χ2v) is 10.1. The number of likely N-dealkylation sites (tertiary alicyclic amines) is 1. The van der Waals surface area contributed by atoms with E-state index in [1.165, 1.54) is 9.80 Å². The van der Waals surface area contributed by atoms with Gasteiger partial charge in [-0.25, -0.2) is 0 Å². The van der Waals surface area contributed by atoms with Gasteiger partial charge in [-0.1, -0.05) is 6.08 Å². The van der Waals surface area contributed by atoms with Crippen molar-refractivity contribution in [3.8, 4) is 23.0 Å². The van der Waals surface area contributed by atoms with Crippen LogP contribution in [0.4, 0.5) is 0 Å². The Morgan fingerprint density at radius 3 is 1.76 bits per heavy atom. The molecule has 0 aromatic heterocycles. The fourth-order valence-corrected chi connectivity index (χ4v) is 5.51. The van der Waals surface area contributed by atoms with Crippen LogP contribution >= 0.6 is 0 Å². The summed E-state index contributed by atoms with van der Waals surface area (Å²) in [6.45, 7) is 2.29. The van der Waals surface area contributed by atoms with Gasteiger partial charge in [0.1, 0.15) is 36.2 Å². The van der Waals surface area contributed by atoms with Crippen LogP contribution < -0.4 is 18.9 Å². The molecule has 0 bridgehead atoms. The standard InChI is InChI=1S/C31H32N2O8/c1-19-16-20(25-18-27(34)32(29(25)35)12-14-40-23-8-4-21(38-2)5-9-23)17-26-28(19)31(37)33(30(26)36)13-15-41-24-10-6-22(39-3)7-11-24/h4-11,16,20,25H,12-15,17-18H2,1-3H3/t20-,25+/m0/s1. The fourth-order valence-electron chi connectivity index (χ4n) is 5.51. The van der Waals surface area contributed by atoms with Gasteiger partial charge in [0.2, 0.25) is 11.8 Å². The highest BCUT2D eigenvalue weighted by Crippen LogP contribution is 2.41. The number of rotatable bonds is 11. The SMILES string of the molecule is COc1ccc(OCCN2C(=O)C3=C(C2=O)C(C)=C[C@H]([C@H]2CC(=O)N(CCOc4ccc(OC)cc4)C2=O)C3)cc1. The van der Waals surface area contributed by atoms with Crippen molar-refractivity contribution in [1.82, 2.24) is 9.80 Å². The van der Waals surface area contributed by atoms with Crippen LogP contribution in [-0.2, 0) is 19.2 Å². The van der Waals surface area contributed by atoms with Crippen LogP contribution in [0.15, 0.2) is 71.3 Å². The van der Waals surface area contributed by atoms with E-state index in [1.807, 2.05) is 6.08 Å². The number of ether oxygens (including phenoxy) is 4. The zero-order chi connectivity index (χ0) is 29.1. The first-order valence-electron chi connectivity index (χ1n) is 13.5. The van der Waals surface area contributed by atoms with Crippen LogP contribution in [0.2, 0.25) is 0 Å². The van der Waals surface area contributed by atoms with Crippen molar-refractivity contribution in [3.63, 3.8) is 0 Å². The Balaban J connectivity index is 1.17. The second kappa shape index (κ2) is 11.9. The van der Waals surface area contributed by atoms with Crippen molar-refractivity contribution in [2.45, 2.75) is 19.8 Å². The lowest BCUT2D eigenvalue weighted by Gasteiger charge is -2.24. The number of amides is 4. The number of methoxy groups -OCH3 is 2. The van der Waals surface area contributed by atoms with E-state index in [-0.39, 0.29) is 68.7 Å². The van der Waals surface area contributed by atoms with E-state index >= 15 is 0 Å². The molecule has 41 heavy (non-hydrogen) atoms. The molecule has 214 valence electrons. The van der Waals surface area contributed by atoms with Crippen molar-refractivity contribution >= 4 is 23.6 Å². The lowest BCUT2D eigenvalue weighted by molar-refractivity contribution is -0.141. The number of hydrogen-bond acceptors (Lipinski definition) is 8. The number of carbonyl (C=O) groups is 4. The van der Waals surface area contributed by atoms with Gasteiger partial charge in [-0.05, 0) is 73.4 Å².